The molecule has 0 radical (unpaired) electrons. The molecule has 0 aliphatic rings. The van der Waals surface area contributed by atoms with Gasteiger partial charge in [-0.15, -0.1) is 0 Å². The van der Waals surface area contributed by atoms with Gasteiger partial charge in [0.2, 0.25) is 0 Å². The number of carbonyl (C=O) groups is 1. The van der Waals surface area contributed by atoms with E-state index in [1.165, 1.54) is 0 Å². The highest BCUT2D eigenvalue weighted by atomic mass is 16.5. The molecular formula is C20H26N2O3. The predicted molar refractivity (Wildman–Crippen MR) is 99.8 cm³/mol. The van der Waals surface area contributed by atoms with E-state index in [4.69, 9.17) is 4.74 Å². The number of hydrogen-bond donors (Lipinski definition) is 3. The van der Waals surface area contributed by atoms with E-state index in [1.807, 2.05) is 62.4 Å². The van der Waals surface area contributed by atoms with Crippen molar-refractivity contribution in [2.75, 3.05) is 18.5 Å². The summed E-state index contributed by atoms with van der Waals surface area (Å²) in [6.07, 6.45) is 0.867. The Morgan fingerprint density at radius 2 is 1.96 bits per heavy atom. The van der Waals surface area contributed by atoms with Crippen molar-refractivity contribution >= 4 is 11.6 Å². The molecule has 2 rings (SSSR count). The highest BCUT2D eigenvalue weighted by Gasteiger charge is 2.06. The minimum atomic E-state index is -0.196. The fourth-order valence-electron chi connectivity index (χ4n) is 2.33. The molecule has 1 atom stereocenters. The summed E-state index contributed by atoms with van der Waals surface area (Å²) in [4.78, 5) is 12.0. The minimum Gasteiger partial charge on any atom is -0.484 e. The molecule has 0 fully saturated rings. The molecule has 3 N–H and O–H groups in total. The molecule has 0 unspecified atom stereocenters. The van der Waals surface area contributed by atoms with Crippen molar-refractivity contribution in [1.29, 1.82) is 0 Å². The lowest BCUT2D eigenvalue weighted by molar-refractivity contribution is -0.118. The zero-order chi connectivity index (χ0) is 18.1. The predicted octanol–water partition coefficient (Wildman–Crippen LogP) is 2.87. The maximum absolute atomic E-state index is 12.0. The van der Waals surface area contributed by atoms with Gasteiger partial charge in [0.15, 0.2) is 6.61 Å². The smallest absolute Gasteiger partial charge is 0.262 e. The number of aryl methyl sites for hydroxylation is 1. The van der Waals surface area contributed by atoms with E-state index in [-0.39, 0.29) is 25.2 Å². The van der Waals surface area contributed by atoms with Gasteiger partial charge < -0.3 is 20.5 Å². The molecule has 0 saturated carbocycles. The molecule has 25 heavy (non-hydrogen) atoms. The van der Waals surface area contributed by atoms with Crippen LogP contribution in [0.3, 0.4) is 0 Å². The second-order valence-corrected chi connectivity index (χ2v) is 6.02. The molecule has 0 saturated heterocycles. The molecule has 0 aromatic heterocycles. The number of aliphatic hydroxyl groups excluding tert-OH is 1. The molecule has 0 aliphatic heterocycles. The fourth-order valence-corrected chi connectivity index (χ4v) is 2.33. The highest BCUT2D eigenvalue weighted by Crippen LogP contribution is 2.14. The molecule has 2 aromatic carbocycles. The molecule has 1 amide bonds. The van der Waals surface area contributed by atoms with Crippen molar-refractivity contribution in [1.82, 2.24) is 5.32 Å². The Morgan fingerprint density at radius 3 is 2.64 bits per heavy atom. The Labute approximate surface area is 149 Å². The van der Waals surface area contributed by atoms with Crippen LogP contribution in [0.25, 0.3) is 0 Å². The maximum Gasteiger partial charge on any atom is 0.262 e. The third-order valence-corrected chi connectivity index (χ3v) is 3.91. The first-order valence-corrected chi connectivity index (χ1v) is 8.53. The zero-order valence-corrected chi connectivity index (χ0v) is 14.8. The van der Waals surface area contributed by atoms with Crippen LogP contribution in [0.5, 0.6) is 5.75 Å². The fraction of sp³-hybridized carbons (Fsp3) is 0.350. The van der Waals surface area contributed by atoms with E-state index in [9.17, 15) is 9.90 Å². The van der Waals surface area contributed by atoms with Crippen LogP contribution in [0.4, 0.5) is 5.69 Å². The van der Waals surface area contributed by atoms with E-state index in [2.05, 4.69) is 10.6 Å². The van der Waals surface area contributed by atoms with Gasteiger partial charge in [-0.1, -0.05) is 36.8 Å². The zero-order valence-electron chi connectivity index (χ0n) is 14.8. The molecule has 0 heterocycles. The first-order chi connectivity index (χ1) is 12.1. The average molecular weight is 342 g/mol. The Balaban J connectivity index is 1.82. The molecule has 5 heteroatoms. The van der Waals surface area contributed by atoms with E-state index >= 15 is 0 Å². The second kappa shape index (κ2) is 9.81. The number of anilines is 1. The van der Waals surface area contributed by atoms with Gasteiger partial charge in [-0.05, 0) is 43.2 Å². The standard InChI is InChI=1S/C20H26N2O3/c1-3-17(13-23)21-12-16-5-4-6-19(11-16)25-14-20(24)22-18-9-7-15(2)8-10-18/h4-11,17,21,23H,3,12-14H2,1-2H3,(H,22,24)/t17-/m0/s1. The van der Waals surface area contributed by atoms with Crippen molar-refractivity contribution in [2.24, 2.45) is 0 Å². The normalized spacial score (nSPS) is 11.8. The number of hydrogen-bond acceptors (Lipinski definition) is 4. The molecule has 0 aliphatic carbocycles. The number of carbonyl (C=O) groups excluding carboxylic acids is 1. The largest absolute Gasteiger partial charge is 0.484 e. The van der Waals surface area contributed by atoms with Crippen molar-refractivity contribution in [2.45, 2.75) is 32.9 Å². The van der Waals surface area contributed by atoms with Gasteiger partial charge in [0.1, 0.15) is 5.75 Å². The number of rotatable bonds is 9. The summed E-state index contributed by atoms with van der Waals surface area (Å²) >= 11 is 0. The SMILES string of the molecule is CC[C@@H](CO)NCc1cccc(OCC(=O)Nc2ccc(C)cc2)c1. The maximum atomic E-state index is 12.0. The Kier molecular flexibility index (Phi) is 7.44. The summed E-state index contributed by atoms with van der Waals surface area (Å²) in [5.41, 5.74) is 2.95. The quantitative estimate of drug-likeness (QED) is 0.655. The summed E-state index contributed by atoms with van der Waals surface area (Å²) in [5, 5.41) is 15.3. The van der Waals surface area contributed by atoms with Crippen LogP contribution in [0.1, 0.15) is 24.5 Å². The van der Waals surface area contributed by atoms with Crippen LogP contribution in [-0.4, -0.2) is 30.3 Å². The van der Waals surface area contributed by atoms with Crippen LogP contribution in [0.15, 0.2) is 48.5 Å². The number of ether oxygens (including phenoxy) is 1. The number of benzene rings is 2. The first kappa shape index (κ1) is 19.0. The van der Waals surface area contributed by atoms with Crippen molar-refractivity contribution in [3.05, 3.63) is 59.7 Å². The Hall–Kier alpha value is -2.37. The van der Waals surface area contributed by atoms with E-state index in [0.29, 0.717) is 12.3 Å². The van der Waals surface area contributed by atoms with Crippen LogP contribution in [-0.2, 0) is 11.3 Å². The van der Waals surface area contributed by atoms with Crippen LogP contribution in [0, 0.1) is 6.92 Å². The summed E-state index contributed by atoms with van der Waals surface area (Å²) in [7, 11) is 0. The number of nitrogens with one attached hydrogen (secondary N) is 2. The number of amides is 1. The van der Waals surface area contributed by atoms with Crippen molar-refractivity contribution in [3.8, 4) is 5.75 Å². The van der Waals surface area contributed by atoms with Crippen LogP contribution < -0.4 is 15.4 Å². The summed E-state index contributed by atoms with van der Waals surface area (Å²) in [5.74, 6) is 0.453. The highest BCUT2D eigenvalue weighted by molar-refractivity contribution is 5.91. The molecule has 0 spiro atoms. The van der Waals surface area contributed by atoms with Gasteiger partial charge in [0.25, 0.3) is 5.91 Å². The number of aliphatic hydroxyl groups is 1. The molecule has 5 nitrogen and oxygen atoms in total. The van der Waals surface area contributed by atoms with E-state index in [0.717, 1.165) is 23.2 Å². The Bertz CT molecular complexity index is 667. The summed E-state index contributed by atoms with van der Waals surface area (Å²) in [6, 6.07) is 15.3. The lowest BCUT2D eigenvalue weighted by atomic mass is 10.2. The summed E-state index contributed by atoms with van der Waals surface area (Å²) < 4.78 is 5.57. The van der Waals surface area contributed by atoms with Gasteiger partial charge in [-0.2, -0.15) is 0 Å². The molecule has 2 aromatic rings. The average Bonchev–Trinajstić information content (AvgIpc) is 2.63. The van der Waals surface area contributed by atoms with Gasteiger partial charge in [-0.25, -0.2) is 0 Å². The monoisotopic (exact) mass is 342 g/mol. The third kappa shape index (κ3) is 6.57. The van der Waals surface area contributed by atoms with Gasteiger partial charge in [-0.3, -0.25) is 4.79 Å². The topological polar surface area (TPSA) is 70.6 Å². The lowest BCUT2D eigenvalue weighted by Gasteiger charge is -2.14. The lowest BCUT2D eigenvalue weighted by Crippen LogP contribution is -2.31. The Morgan fingerprint density at radius 1 is 1.20 bits per heavy atom. The van der Waals surface area contributed by atoms with Gasteiger partial charge >= 0.3 is 0 Å². The summed E-state index contributed by atoms with van der Waals surface area (Å²) in [6.45, 7) is 4.75. The second-order valence-electron chi connectivity index (χ2n) is 6.02. The first-order valence-electron chi connectivity index (χ1n) is 8.53. The van der Waals surface area contributed by atoms with Crippen molar-refractivity contribution < 1.29 is 14.6 Å². The molecule has 134 valence electrons. The van der Waals surface area contributed by atoms with Crippen LogP contribution >= 0.6 is 0 Å². The van der Waals surface area contributed by atoms with Gasteiger partial charge in [0, 0.05) is 18.3 Å². The van der Waals surface area contributed by atoms with E-state index < -0.39 is 0 Å². The van der Waals surface area contributed by atoms with E-state index in [1.54, 1.807) is 0 Å². The van der Waals surface area contributed by atoms with Crippen molar-refractivity contribution in [3.63, 3.8) is 0 Å². The minimum absolute atomic E-state index is 0.0427. The molecule has 0 bridgehead atoms. The van der Waals surface area contributed by atoms with Crippen LogP contribution in [0.2, 0.25) is 0 Å². The van der Waals surface area contributed by atoms with Gasteiger partial charge in [0.05, 0.1) is 6.61 Å². The molecular weight excluding hydrogens is 316 g/mol. The third-order valence-electron chi connectivity index (χ3n) is 3.91.